The van der Waals surface area contributed by atoms with Gasteiger partial charge in [-0.05, 0) is 40.2 Å². The van der Waals surface area contributed by atoms with Gasteiger partial charge in [0.1, 0.15) is 0 Å². The number of ether oxygens (including phenoxy) is 2. The maximum absolute atomic E-state index is 6.05. The molecule has 0 aliphatic carbocycles. The average Bonchev–Trinajstić information content (AvgIpc) is 2.38. The van der Waals surface area contributed by atoms with Crippen LogP contribution in [0.15, 0.2) is 0 Å². The zero-order chi connectivity index (χ0) is 13.6. The molecule has 1 heterocycles. The largest absolute Gasteiger partial charge is 0.378 e. The molecule has 0 bridgehead atoms. The third kappa shape index (κ3) is 4.19. The number of rotatable bonds is 7. The van der Waals surface area contributed by atoms with E-state index in [0.717, 1.165) is 39.0 Å². The summed E-state index contributed by atoms with van der Waals surface area (Å²) >= 11 is 0. The monoisotopic (exact) mass is 258 g/mol. The minimum absolute atomic E-state index is 0.0965. The summed E-state index contributed by atoms with van der Waals surface area (Å²) in [6.45, 7) is 9.55. The highest BCUT2D eigenvalue weighted by Crippen LogP contribution is 2.30. The lowest BCUT2D eigenvalue weighted by Gasteiger charge is -2.46. The molecule has 1 fully saturated rings. The highest BCUT2D eigenvalue weighted by atomic mass is 16.5. The third-order valence-electron chi connectivity index (χ3n) is 4.05. The molecule has 4 heteroatoms. The van der Waals surface area contributed by atoms with Crippen molar-refractivity contribution in [2.75, 3.05) is 33.4 Å². The molecule has 2 N–H and O–H groups in total. The van der Waals surface area contributed by atoms with Crippen LogP contribution >= 0.6 is 0 Å². The number of hydrogen-bond donors (Lipinski definition) is 1. The molecule has 18 heavy (non-hydrogen) atoms. The Morgan fingerprint density at radius 1 is 1.50 bits per heavy atom. The first-order chi connectivity index (χ1) is 8.54. The van der Waals surface area contributed by atoms with E-state index >= 15 is 0 Å². The zero-order valence-electron chi connectivity index (χ0n) is 12.4. The second kappa shape index (κ2) is 7.43. The van der Waals surface area contributed by atoms with Gasteiger partial charge in [0.05, 0.1) is 18.8 Å². The Hall–Kier alpha value is -0.160. The SMILES string of the molecule is CCC1CC(CN)(N(C)CCOC(C)C)CCO1. The summed E-state index contributed by atoms with van der Waals surface area (Å²) in [4.78, 5) is 2.38. The molecular formula is C14H30N2O2. The first-order valence-corrected chi connectivity index (χ1v) is 7.18. The fourth-order valence-corrected chi connectivity index (χ4v) is 2.61. The standard InChI is InChI=1S/C14H30N2O2/c1-5-13-10-14(11-15,6-8-18-13)16(4)7-9-17-12(2)3/h12-13H,5-11,15H2,1-4H3. The maximum Gasteiger partial charge on any atom is 0.0597 e. The molecule has 4 nitrogen and oxygen atoms in total. The highest BCUT2D eigenvalue weighted by molar-refractivity contribution is 4.95. The summed E-state index contributed by atoms with van der Waals surface area (Å²) < 4.78 is 11.4. The van der Waals surface area contributed by atoms with Gasteiger partial charge in [-0.1, -0.05) is 6.92 Å². The Balaban J connectivity index is 2.51. The van der Waals surface area contributed by atoms with Gasteiger partial charge in [0.15, 0.2) is 0 Å². The number of nitrogens with zero attached hydrogens (tertiary/aromatic N) is 1. The summed E-state index contributed by atoms with van der Waals surface area (Å²) in [6.07, 6.45) is 3.79. The van der Waals surface area contributed by atoms with Crippen LogP contribution in [0.4, 0.5) is 0 Å². The summed E-state index contributed by atoms with van der Waals surface area (Å²) in [5.74, 6) is 0. The van der Waals surface area contributed by atoms with Crippen LogP contribution in [-0.4, -0.2) is 56.0 Å². The lowest BCUT2D eigenvalue weighted by molar-refractivity contribution is -0.0714. The molecular weight excluding hydrogens is 228 g/mol. The van der Waals surface area contributed by atoms with Gasteiger partial charge in [-0.15, -0.1) is 0 Å². The summed E-state index contributed by atoms with van der Waals surface area (Å²) in [5, 5.41) is 0. The molecule has 0 aromatic heterocycles. The van der Waals surface area contributed by atoms with E-state index in [-0.39, 0.29) is 5.54 Å². The Kier molecular flexibility index (Phi) is 6.57. The van der Waals surface area contributed by atoms with Crippen molar-refractivity contribution in [3.05, 3.63) is 0 Å². The first-order valence-electron chi connectivity index (χ1n) is 7.18. The quantitative estimate of drug-likeness (QED) is 0.754. The molecule has 1 saturated heterocycles. The molecule has 2 unspecified atom stereocenters. The average molecular weight is 258 g/mol. The van der Waals surface area contributed by atoms with E-state index in [2.05, 4.69) is 32.7 Å². The second-order valence-corrected chi connectivity index (χ2v) is 5.62. The normalized spacial score (nSPS) is 29.2. The molecule has 0 aromatic carbocycles. The van der Waals surface area contributed by atoms with Gasteiger partial charge >= 0.3 is 0 Å². The van der Waals surface area contributed by atoms with Crippen LogP contribution in [-0.2, 0) is 9.47 Å². The summed E-state index contributed by atoms with van der Waals surface area (Å²) in [7, 11) is 2.16. The predicted octanol–water partition coefficient (Wildman–Crippen LogP) is 1.63. The van der Waals surface area contributed by atoms with Crippen LogP contribution in [0.2, 0.25) is 0 Å². The van der Waals surface area contributed by atoms with E-state index in [1.807, 2.05) is 0 Å². The molecule has 0 radical (unpaired) electrons. The molecule has 0 saturated carbocycles. The lowest BCUT2D eigenvalue weighted by atomic mass is 9.84. The number of nitrogens with two attached hydrogens (primary N) is 1. The number of hydrogen-bond acceptors (Lipinski definition) is 4. The van der Waals surface area contributed by atoms with Crippen molar-refractivity contribution in [2.24, 2.45) is 5.73 Å². The van der Waals surface area contributed by atoms with Crippen molar-refractivity contribution in [3.63, 3.8) is 0 Å². The molecule has 2 atom stereocenters. The zero-order valence-corrected chi connectivity index (χ0v) is 12.4. The highest BCUT2D eigenvalue weighted by Gasteiger charge is 2.38. The van der Waals surface area contributed by atoms with E-state index < -0.39 is 0 Å². The first kappa shape index (κ1) is 15.9. The van der Waals surface area contributed by atoms with Crippen LogP contribution in [0.5, 0.6) is 0 Å². The van der Waals surface area contributed by atoms with Gasteiger partial charge in [0, 0.05) is 25.2 Å². The van der Waals surface area contributed by atoms with Crippen molar-refractivity contribution in [1.29, 1.82) is 0 Å². The van der Waals surface area contributed by atoms with Gasteiger partial charge in [-0.25, -0.2) is 0 Å². The molecule has 0 aromatic rings. The molecule has 0 spiro atoms. The van der Waals surface area contributed by atoms with Crippen LogP contribution in [0.3, 0.4) is 0 Å². The second-order valence-electron chi connectivity index (χ2n) is 5.62. The Morgan fingerprint density at radius 2 is 2.22 bits per heavy atom. The van der Waals surface area contributed by atoms with Crippen molar-refractivity contribution >= 4 is 0 Å². The van der Waals surface area contributed by atoms with E-state index in [1.54, 1.807) is 0 Å². The molecule has 108 valence electrons. The Morgan fingerprint density at radius 3 is 2.78 bits per heavy atom. The predicted molar refractivity (Wildman–Crippen MR) is 74.8 cm³/mol. The van der Waals surface area contributed by atoms with Gasteiger partial charge in [0.25, 0.3) is 0 Å². The fourth-order valence-electron chi connectivity index (χ4n) is 2.61. The van der Waals surface area contributed by atoms with Crippen LogP contribution in [0.1, 0.15) is 40.0 Å². The van der Waals surface area contributed by atoms with E-state index in [1.165, 1.54) is 0 Å². The van der Waals surface area contributed by atoms with Crippen molar-refractivity contribution in [3.8, 4) is 0 Å². The molecule has 1 aliphatic rings. The minimum Gasteiger partial charge on any atom is -0.378 e. The molecule has 1 aliphatic heterocycles. The minimum atomic E-state index is 0.0965. The third-order valence-corrected chi connectivity index (χ3v) is 4.05. The van der Waals surface area contributed by atoms with Gasteiger partial charge < -0.3 is 15.2 Å². The van der Waals surface area contributed by atoms with Crippen molar-refractivity contribution < 1.29 is 9.47 Å². The van der Waals surface area contributed by atoms with Crippen LogP contribution < -0.4 is 5.73 Å². The van der Waals surface area contributed by atoms with Crippen molar-refractivity contribution in [1.82, 2.24) is 4.90 Å². The topological polar surface area (TPSA) is 47.7 Å². The maximum atomic E-state index is 6.05. The molecule has 1 rings (SSSR count). The van der Waals surface area contributed by atoms with Gasteiger partial charge in [-0.2, -0.15) is 0 Å². The van der Waals surface area contributed by atoms with Crippen molar-refractivity contribution in [2.45, 2.75) is 57.8 Å². The van der Waals surface area contributed by atoms with Crippen LogP contribution in [0, 0.1) is 0 Å². The summed E-state index contributed by atoms with van der Waals surface area (Å²) in [6, 6.07) is 0. The van der Waals surface area contributed by atoms with E-state index in [9.17, 15) is 0 Å². The summed E-state index contributed by atoms with van der Waals surface area (Å²) in [5.41, 5.74) is 6.15. The Labute approximate surface area is 112 Å². The smallest absolute Gasteiger partial charge is 0.0597 e. The lowest BCUT2D eigenvalue weighted by Crippen LogP contribution is -2.57. The molecule has 0 amide bonds. The van der Waals surface area contributed by atoms with E-state index in [4.69, 9.17) is 15.2 Å². The number of likely N-dealkylation sites (N-methyl/N-ethyl adjacent to an activating group) is 1. The van der Waals surface area contributed by atoms with Gasteiger partial charge in [0.2, 0.25) is 0 Å². The fraction of sp³-hybridized carbons (Fsp3) is 1.00. The van der Waals surface area contributed by atoms with E-state index in [0.29, 0.717) is 18.8 Å². The van der Waals surface area contributed by atoms with Gasteiger partial charge in [-0.3, -0.25) is 4.90 Å². The Bertz CT molecular complexity index is 236. The van der Waals surface area contributed by atoms with Crippen LogP contribution in [0.25, 0.3) is 0 Å².